The third-order valence-electron chi connectivity index (χ3n) is 4.01. The number of carbonyl (C=O) groups excluding carboxylic acids is 2. The molecule has 0 atom stereocenters. The molecule has 1 aromatic rings. The minimum absolute atomic E-state index is 0.0457. The molecule has 5 nitrogen and oxygen atoms in total. The second kappa shape index (κ2) is 6.08. The van der Waals surface area contributed by atoms with Gasteiger partial charge >= 0.3 is 0 Å². The summed E-state index contributed by atoms with van der Waals surface area (Å²) >= 11 is 0. The Balaban J connectivity index is 1.71. The predicted molar refractivity (Wildman–Crippen MR) is 80.1 cm³/mol. The zero-order valence-electron chi connectivity index (χ0n) is 12.0. The Kier molecular flexibility index (Phi) is 3.99. The maximum absolute atomic E-state index is 12.4. The highest BCUT2D eigenvalue weighted by atomic mass is 16.2. The Hall–Kier alpha value is -2.17. The van der Waals surface area contributed by atoms with Gasteiger partial charge in [0.05, 0.1) is 5.71 Å². The molecule has 1 fully saturated rings. The highest BCUT2D eigenvalue weighted by Gasteiger charge is 2.19. The number of rotatable bonds is 2. The number of piperidine rings is 1. The zero-order valence-corrected chi connectivity index (χ0v) is 12.0. The summed E-state index contributed by atoms with van der Waals surface area (Å²) < 4.78 is 0. The fourth-order valence-electron chi connectivity index (χ4n) is 2.77. The number of amides is 2. The van der Waals surface area contributed by atoms with E-state index in [9.17, 15) is 9.59 Å². The van der Waals surface area contributed by atoms with Crippen LogP contribution < -0.4 is 5.43 Å². The van der Waals surface area contributed by atoms with E-state index in [4.69, 9.17) is 0 Å². The van der Waals surface area contributed by atoms with Crippen molar-refractivity contribution in [1.29, 1.82) is 0 Å². The van der Waals surface area contributed by atoms with E-state index < -0.39 is 0 Å². The highest BCUT2D eigenvalue weighted by molar-refractivity contribution is 6.05. The van der Waals surface area contributed by atoms with Gasteiger partial charge in [-0.1, -0.05) is 12.1 Å². The van der Waals surface area contributed by atoms with Crippen molar-refractivity contribution in [2.24, 2.45) is 5.10 Å². The minimum atomic E-state index is -0.0457. The molecular weight excluding hydrogens is 266 g/mol. The third kappa shape index (κ3) is 3.12. The number of benzene rings is 1. The number of hydrogen-bond acceptors (Lipinski definition) is 3. The maximum atomic E-state index is 12.4. The van der Waals surface area contributed by atoms with Gasteiger partial charge in [-0.15, -0.1) is 0 Å². The molecule has 1 N–H and O–H groups in total. The van der Waals surface area contributed by atoms with Crippen LogP contribution in [0.1, 0.15) is 48.0 Å². The van der Waals surface area contributed by atoms with E-state index in [1.165, 1.54) is 6.42 Å². The SMILES string of the molecule is O=C1CCC(c2ccc(C(=O)N3CCCCC3)cc2)=NN1. The van der Waals surface area contributed by atoms with E-state index in [2.05, 4.69) is 10.5 Å². The summed E-state index contributed by atoms with van der Waals surface area (Å²) in [6.07, 6.45) is 4.52. The van der Waals surface area contributed by atoms with Crippen LogP contribution in [0.25, 0.3) is 0 Å². The van der Waals surface area contributed by atoms with E-state index in [1.807, 2.05) is 29.2 Å². The first-order valence-corrected chi connectivity index (χ1v) is 7.49. The summed E-state index contributed by atoms with van der Waals surface area (Å²) in [6.45, 7) is 1.72. The van der Waals surface area contributed by atoms with Gasteiger partial charge in [0.2, 0.25) is 5.91 Å². The Morgan fingerprint density at radius 1 is 1.05 bits per heavy atom. The van der Waals surface area contributed by atoms with Gasteiger partial charge in [-0.2, -0.15) is 5.10 Å². The molecule has 0 saturated carbocycles. The lowest BCUT2D eigenvalue weighted by Gasteiger charge is -2.26. The zero-order chi connectivity index (χ0) is 14.7. The van der Waals surface area contributed by atoms with Crippen LogP contribution in [0.5, 0.6) is 0 Å². The van der Waals surface area contributed by atoms with Crippen LogP contribution in [0.4, 0.5) is 0 Å². The largest absolute Gasteiger partial charge is 0.339 e. The lowest BCUT2D eigenvalue weighted by atomic mass is 10.0. The van der Waals surface area contributed by atoms with Gasteiger partial charge in [-0.05, 0) is 37.0 Å². The quantitative estimate of drug-likeness (QED) is 0.902. The minimum Gasteiger partial charge on any atom is -0.339 e. The summed E-state index contributed by atoms with van der Waals surface area (Å²) in [6, 6.07) is 7.53. The molecule has 0 aliphatic carbocycles. The van der Waals surface area contributed by atoms with Gasteiger partial charge in [-0.25, -0.2) is 5.43 Å². The van der Waals surface area contributed by atoms with Gasteiger partial charge < -0.3 is 4.90 Å². The lowest BCUT2D eigenvalue weighted by Crippen LogP contribution is -2.35. The molecule has 0 radical (unpaired) electrons. The number of carbonyl (C=O) groups is 2. The summed E-state index contributed by atoms with van der Waals surface area (Å²) in [5, 5.41) is 4.07. The molecule has 0 unspecified atom stereocenters. The summed E-state index contributed by atoms with van der Waals surface area (Å²) in [5.41, 5.74) is 5.05. The Bertz CT molecular complexity index is 572. The average Bonchev–Trinajstić information content (AvgIpc) is 2.56. The number of nitrogens with one attached hydrogen (secondary N) is 1. The molecule has 1 aromatic carbocycles. The van der Waals surface area contributed by atoms with Gasteiger partial charge in [-0.3, -0.25) is 9.59 Å². The van der Waals surface area contributed by atoms with Crippen molar-refractivity contribution in [3.63, 3.8) is 0 Å². The van der Waals surface area contributed by atoms with Crippen molar-refractivity contribution >= 4 is 17.5 Å². The number of hydrogen-bond donors (Lipinski definition) is 1. The van der Waals surface area contributed by atoms with E-state index in [-0.39, 0.29) is 11.8 Å². The standard InChI is InChI=1S/C16H19N3O2/c20-15-9-8-14(17-18-15)12-4-6-13(7-5-12)16(21)19-10-2-1-3-11-19/h4-7H,1-3,8-11H2,(H,18,20). The van der Waals surface area contributed by atoms with Gasteiger partial charge in [0, 0.05) is 31.5 Å². The van der Waals surface area contributed by atoms with Gasteiger partial charge in [0.1, 0.15) is 0 Å². The van der Waals surface area contributed by atoms with E-state index >= 15 is 0 Å². The van der Waals surface area contributed by atoms with Gasteiger partial charge in [0.25, 0.3) is 5.91 Å². The Morgan fingerprint density at radius 3 is 2.38 bits per heavy atom. The second-order valence-electron chi connectivity index (χ2n) is 5.52. The third-order valence-corrected chi connectivity index (χ3v) is 4.01. The van der Waals surface area contributed by atoms with Gasteiger partial charge in [0.15, 0.2) is 0 Å². The molecular formula is C16H19N3O2. The van der Waals surface area contributed by atoms with Crippen LogP contribution in [-0.2, 0) is 4.79 Å². The molecule has 2 aliphatic rings. The first kappa shape index (κ1) is 13.8. The van der Waals surface area contributed by atoms with E-state index in [0.717, 1.165) is 42.8 Å². The monoisotopic (exact) mass is 285 g/mol. The molecule has 0 spiro atoms. The first-order chi connectivity index (χ1) is 10.2. The van der Waals surface area contributed by atoms with Crippen LogP contribution in [-0.4, -0.2) is 35.5 Å². The molecule has 0 aromatic heterocycles. The second-order valence-corrected chi connectivity index (χ2v) is 5.52. The molecule has 0 bridgehead atoms. The maximum Gasteiger partial charge on any atom is 0.253 e. The molecule has 1 saturated heterocycles. The molecule has 2 aliphatic heterocycles. The normalized spacial score (nSPS) is 19.0. The molecule has 5 heteroatoms. The summed E-state index contributed by atoms with van der Waals surface area (Å²) in [5.74, 6) is 0.0655. The van der Waals surface area contributed by atoms with Crippen molar-refractivity contribution in [3.8, 4) is 0 Å². The Morgan fingerprint density at radius 2 is 1.76 bits per heavy atom. The lowest BCUT2D eigenvalue weighted by molar-refractivity contribution is -0.121. The number of likely N-dealkylation sites (tertiary alicyclic amines) is 1. The molecule has 21 heavy (non-hydrogen) atoms. The summed E-state index contributed by atoms with van der Waals surface area (Å²) in [7, 11) is 0. The molecule has 3 rings (SSSR count). The van der Waals surface area contributed by atoms with Crippen LogP contribution in [0, 0.1) is 0 Å². The average molecular weight is 285 g/mol. The van der Waals surface area contributed by atoms with Crippen molar-refractivity contribution in [2.75, 3.05) is 13.1 Å². The van der Waals surface area contributed by atoms with Crippen molar-refractivity contribution in [3.05, 3.63) is 35.4 Å². The Labute approximate surface area is 124 Å². The van der Waals surface area contributed by atoms with Crippen LogP contribution in [0.15, 0.2) is 29.4 Å². The van der Waals surface area contributed by atoms with Crippen molar-refractivity contribution < 1.29 is 9.59 Å². The topological polar surface area (TPSA) is 61.8 Å². The number of hydrazone groups is 1. The highest BCUT2D eigenvalue weighted by Crippen LogP contribution is 2.15. The van der Waals surface area contributed by atoms with Crippen LogP contribution >= 0.6 is 0 Å². The molecule has 110 valence electrons. The predicted octanol–water partition coefficient (Wildman–Crippen LogP) is 1.93. The first-order valence-electron chi connectivity index (χ1n) is 7.49. The van der Waals surface area contributed by atoms with Crippen LogP contribution in [0.3, 0.4) is 0 Å². The van der Waals surface area contributed by atoms with E-state index in [0.29, 0.717) is 12.8 Å². The van der Waals surface area contributed by atoms with Crippen molar-refractivity contribution in [1.82, 2.24) is 10.3 Å². The molecule has 2 heterocycles. The number of nitrogens with zero attached hydrogens (tertiary/aromatic N) is 2. The van der Waals surface area contributed by atoms with Crippen LogP contribution in [0.2, 0.25) is 0 Å². The summed E-state index contributed by atoms with van der Waals surface area (Å²) in [4.78, 5) is 25.4. The fraction of sp³-hybridized carbons (Fsp3) is 0.438. The smallest absolute Gasteiger partial charge is 0.253 e. The van der Waals surface area contributed by atoms with E-state index in [1.54, 1.807) is 0 Å². The fourth-order valence-corrected chi connectivity index (χ4v) is 2.77. The van der Waals surface area contributed by atoms with Crippen molar-refractivity contribution in [2.45, 2.75) is 32.1 Å². The molecule has 2 amide bonds.